The number of furan rings is 1. The van der Waals surface area contributed by atoms with Crippen LogP contribution in [0.5, 0.6) is 0 Å². The molecule has 8 aromatic carbocycles. The zero-order valence-corrected chi connectivity index (χ0v) is 30.1. The highest BCUT2D eigenvalue weighted by Crippen LogP contribution is 2.41. The third kappa shape index (κ3) is 5.27. The van der Waals surface area contributed by atoms with Crippen molar-refractivity contribution in [1.29, 1.82) is 0 Å². The molecule has 1 unspecified atom stereocenters. The number of rotatable bonds is 6. The summed E-state index contributed by atoms with van der Waals surface area (Å²) in [4.78, 5) is 2.36. The smallest absolute Gasteiger partial charge is 0.135 e. The van der Waals surface area contributed by atoms with Crippen molar-refractivity contribution >= 4 is 77.3 Å². The van der Waals surface area contributed by atoms with Crippen molar-refractivity contribution in [2.45, 2.75) is 12.3 Å². The first-order valence-corrected chi connectivity index (χ1v) is 19.0. The SMILES string of the molecule is C1=CC(c2ccc(N(c3ccc(-c4cccc5ccccc45)cc3)c3ccc4oc5ccccc5c4c3)cc2)CC=C1n1c2ccccc2c2ccccc21. The lowest BCUT2D eigenvalue weighted by atomic mass is 9.91. The molecular weight excluding hydrogens is 669 g/mol. The lowest BCUT2D eigenvalue weighted by Crippen LogP contribution is -2.10. The summed E-state index contributed by atoms with van der Waals surface area (Å²) in [5, 5.41) is 7.32. The molecule has 11 rings (SSSR count). The number of hydrogen-bond donors (Lipinski definition) is 0. The van der Waals surface area contributed by atoms with Gasteiger partial charge < -0.3 is 13.9 Å². The van der Waals surface area contributed by atoms with Crippen LogP contribution in [0, 0.1) is 0 Å². The zero-order chi connectivity index (χ0) is 36.3. The van der Waals surface area contributed by atoms with Crippen LogP contribution in [-0.4, -0.2) is 4.57 Å². The fourth-order valence-corrected chi connectivity index (χ4v) is 8.66. The molecular formula is C52H36N2O. The summed E-state index contributed by atoms with van der Waals surface area (Å²) in [6, 6.07) is 65.5. The van der Waals surface area contributed by atoms with Crippen LogP contribution in [0.2, 0.25) is 0 Å². The highest BCUT2D eigenvalue weighted by atomic mass is 16.3. The molecule has 0 spiro atoms. The van der Waals surface area contributed by atoms with Crippen molar-refractivity contribution in [1.82, 2.24) is 4.57 Å². The number of para-hydroxylation sites is 3. The van der Waals surface area contributed by atoms with Gasteiger partial charge >= 0.3 is 0 Å². The van der Waals surface area contributed by atoms with Gasteiger partial charge in [0.15, 0.2) is 0 Å². The summed E-state index contributed by atoms with van der Waals surface area (Å²) < 4.78 is 8.63. The van der Waals surface area contributed by atoms with Gasteiger partial charge in [-0.2, -0.15) is 0 Å². The van der Waals surface area contributed by atoms with Crippen molar-refractivity contribution in [3.8, 4) is 11.1 Å². The molecule has 1 aliphatic rings. The Morgan fingerprint density at radius 3 is 1.82 bits per heavy atom. The highest BCUT2D eigenvalue weighted by molar-refractivity contribution is 6.10. The fourth-order valence-electron chi connectivity index (χ4n) is 8.66. The summed E-state index contributed by atoms with van der Waals surface area (Å²) >= 11 is 0. The molecule has 3 nitrogen and oxygen atoms in total. The molecule has 260 valence electrons. The summed E-state index contributed by atoms with van der Waals surface area (Å²) in [5.74, 6) is 0.299. The lowest BCUT2D eigenvalue weighted by molar-refractivity contribution is 0.669. The van der Waals surface area contributed by atoms with E-state index in [1.807, 2.05) is 12.1 Å². The second kappa shape index (κ2) is 12.8. The zero-order valence-electron chi connectivity index (χ0n) is 30.1. The van der Waals surface area contributed by atoms with Gasteiger partial charge in [0.1, 0.15) is 11.2 Å². The molecule has 0 radical (unpaired) electrons. The van der Waals surface area contributed by atoms with Gasteiger partial charge in [-0.15, -0.1) is 0 Å². The van der Waals surface area contributed by atoms with E-state index < -0.39 is 0 Å². The van der Waals surface area contributed by atoms with Gasteiger partial charge in [0, 0.05) is 50.2 Å². The minimum Gasteiger partial charge on any atom is -0.456 e. The number of fused-ring (bicyclic) bond motifs is 7. The Morgan fingerprint density at radius 1 is 0.491 bits per heavy atom. The molecule has 0 fully saturated rings. The first kappa shape index (κ1) is 31.4. The molecule has 2 aromatic heterocycles. The summed E-state index contributed by atoms with van der Waals surface area (Å²) in [5.41, 5.74) is 12.5. The molecule has 10 aromatic rings. The van der Waals surface area contributed by atoms with Crippen LogP contribution in [-0.2, 0) is 0 Å². The summed E-state index contributed by atoms with van der Waals surface area (Å²) in [6.45, 7) is 0. The highest BCUT2D eigenvalue weighted by Gasteiger charge is 2.19. The van der Waals surface area contributed by atoms with E-state index in [4.69, 9.17) is 4.42 Å². The number of nitrogens with zero attached hydrogens (tertiary/aromatic N) is 2. The van der Waals surface area contributed by atoms with E-state index >= 15 is 0 Å². The number of hydrogen-bond acceptors (Lipinski definition) is 2. The Bertz CT molecular complexity index is 3060. The van der Waals surface area contributed by atoms with Crippen molar-refractivity contribution in [3.63, 3.8) is 0 Å². The number of allylic oxidation sites excluding steroid dienone is 4. The largest absolute Gasteiger partial charge is 0.456 e. The van der Waals surface area contributed by atoms with Crippen LogP contribution in [0.4, 0.5) is 17.1 Å². The van der Waals surface area contributed by atoms with Crippen molar-refractivity contribution < 1.29 is 4.42 Å². The van der Waals surface area contributed by atoms with E-state index in [2.05, 4.69) is 198 Å². The van der Waals surface area contributed by atoms with Crippen LogP contribution < -0.4 is 4.90 Å². The molecule has 1 atom stereocenters. The minimum absolute atomic E-state index is 0.299. The van der Waals surface area contributed by atoms with Crippen LogP contribution >= 0.6 is 0 Å². The lowest BCUT2D eigenvalue weighted by Gasteiger charge is -2.26. The van der Waals surface area contributed by atoms with Gasteiger partial charge in [-0.25, -0.2) is 0 Å². The average molecular weight is 705 g/mol. The van der Waals surface area contributed by atoms with Crippen LogP contribution in [0.1, 0.15) is 17.9 Å². The molecule has 0 bridgehead atoms. The van der Waals surface area contributed by atoms with E-state index in [1.54, 1.807) is 0 Å². The second-order valence-corrected chi connectivity index (χ2v) is 14.5. The van der Waals surface area contributed by atoms with E-state index in [0.717, 1.165) is 45.4 Å². The Morgan fingerprint density at radius 2 is 1.09 bits per heavy atom. The maximum atomic E-state index is 6.22. The molecule has 0 saturated heterocycles. The van der Waals surface area contributed by atoms with E-state index in [0.29, 0.717) is 5.92 Å². The van der Waals surface area contributed by atoms with Gasteiger partial charge in [0.05, 0.1) is 11.0 Å². The van der Waals surface area contributed by atoms with Crippen molar-refractivity contribution in [2.24, 2.45) is 0 Å². The number of benzene rings is 8. The first-order chi connectivity index (χ1) is 27.3. The first-order valence-electron chi connectivity index (χ1n) is 19.0. The van der Waals surface area contributed by atoms with Gasteiger partial charge in [0.25, 0.3) is 0 Å². The Labute approximate surface area is 319 Å². The predicted octanol–water partition coefficient (Wildman–Crippen LogP) is 14.6. The van der Waals surface area contributed by atoms with E-state index in [9.17, 15) is 0 Å². The summed E-state index contributed by atoms with van der Waals surface area (Å²) in [7, 11) is 0. The quantitative estimate of drug-likeness (QED) is 0.172. The molecule has 2 heterocycles. The maximum Gasteiger partial charge on any atom is 0.135 e. The van der Waals surface area contributed by atoms with Gasteiger partial charge in [-0.05, 0) is 101 Å². The Kier molecular flexibility index (Phi) is 7.31. The topological polar surface area (TPSA) is 21.3 Å². The van der Waals surface area contributed by atoms with Crippen molar-refractivity contribution in [3.05, 3.63) is 206 Å². The minimum atomic E-state index is 0.299. The summed E-state index contributed by atoms with van der Waals surface area (Å²) in [6.07, 6.45) is 8.01. The molecule has 0 aliphatic heterocycles. The molecule has 3 heteroatoms. The molecule has 0 N–H and O–H groups in total. The molecule has 55 heavy (non-hydrogen) atoms. The fraction of sp³-hybridized carbons (Fsp3) is 0.0385. The molecule has 0 amide bonds. The van der Waals surface area contributed by atoms with E-state index in [1.165, 1.54) is 55.0 Å². The van der Waals surface area contributed by atoms with Crippen molar-refractivity contribution in [2.75, 3.05) is 4.90 Å². The molecule has 1 aliphatic carbocycles. The standard InChI is InChI=1S/C52H36N2O/c1-2-12-43-37(10-1)11-9-16-44(43)38-24-30-40(31-25-38)53(42-32-33-52-48(34-42)47-15-5-8-19-51(47)55-52)39-26-20-35(21-27-39)36-22-28-41(29-23-36)54-49-17-6-3-13-45(49)46-14-4-7-18-50(46)54/h1-22,24-34,36H,23H2. The second-order valence-electron chi connectivity index (χ2n) is 14.5. The number of anilines is 3. The number of aromatic nitrogens is 1. The molecule has 0 saturated carbocycles. The monoisotopic (exact) mass is 704 g/mol. The van der Waals surface area contributed by atoms with Gasteiger partial charge in [-0.1, -0.05) is 133 Å². The maximum absolute atomic E-state index is 6.22. The average Bonchev–Trinajstić information content (AvgIpc) is 3.80. The predicted molar refractivity (Wildman–Crippen MR) is 232 cm³/mol. The van der Waals surface area contributed by atoms with Gasteiger partial charge in [0.2, 0.25) is 0 Å². The normalized spacial score (nSPS) is 14.3. The van der Waals surface area contributed by atoms with E-state index in [-0.39, 0.29) is 0 Å². The third-order valence-electron chi connectivity index (χ3n) is 11.3. The van der Waals surface area contributed by atoms with Crippen LogP contribution in [0.3, 0.4) is 0 Å². The van der Waals surface area contributed by atoms with Gasteiger partial charge in [-0.3, -0.25) is 0 Å². The Balaban J connectivity index is 0.949. The Hall–Kier alpha value is -7.10. The third-order valence-corrected chi connectivity index (χ3v) is 11.3. The van der Waals surface area contributed by atoms with Crippen LogP contribution in [0.15, 0.2) is 205 Å². The van der Waals surface area contributed by atoms with Crippen LogP contribution in [0.25, 0.3) is 71.3 Å².